The van der Waals surface area contributed by atoms with E-state index in [1.807, 2.05) is 0 Å². The number of esters is 2. The summed E-state index contributed by atoms with van der Waals surface area (Å²) in [5.41, 5.74) is 0.133. The van der Waals surface area contributed by atoms with E-state index in [0.717, 1.165) is 6.07 Å². The first-order valence-corrected chi connectivity index (χ1v) is 10.4. The highest BCUT2D eigenvalue weighted by Crippen LogP contribution is 2.34. The van der Waals surface area contributed by atoms with Crippen LogP contribution in [0.1, 0.15) is 26.4 Å². The van der Waals surface area contributed by atoms with E-state index in [-0.39, 0.29) is 11.3 Å². The molecule has 0 fully saturated rings. The standard InChI is InChI=1S/C23H15F3N2O4S/c1-31-21(29)14-6-10-17(11-7-14)32-22(30)15-4-8-16(9-5-15)28-18(19-3-2-12-33-19)13-20(27-28)23(24,25)26/h2-13H,1H3. The highest BCUT2D eigenvalue weighted by atomic mass is 32.1. The molecular weight excluding hydrogens is 457 g/mol. The second-order valence-corrected chi connectivity index (χ2v) is 7.70. The molecule has 168 valence electrons. The Kier molecular flexibility index (Phi) is 6.01. The summed E-state index contributed by atoms with van der Waals surface area (Å²) < 4.78 is 50.8. The third kappa shape index (κ3) is 4.80. The van der Waals surface area contributed by atoms with E-state index in [2.05, 4.69) is 9.84 Å². The number of nitrogens with zero attached hydrogens (tertiary/aromatic N) is 2. The molecule has 0 atom stereocenters. The second kappa shape index (κ2) is 8.91. The maximum Gasteiger partial charge on any atom is 0.435 e. The summed E-state index contributed by atoms with van der Waals surface area (Å²) in [5.74, 6) is -0.960. The van der Waals surface area contributed by atoms with Gasteiger partial charge in [0.15, 0.2) is 5.69 Å². The van der Waals surface area contributed by atoms with E-state index >= 15 is 0 Å². The van der Waals surface area contributed by atoms with Crippen molar-refractivity contribution in [2.24, 2.45) is 0 Å². The fraction of sp³-hybridized carbons (Fsp3) is 0.0870. The van der Waals surface area contributed by atoms with Crippen LogP contribution < -0.4 is 4.74 Å². The minimum atomic E-state index is -4.59. The molecule has 4 aromatic rings. The number of carbonyl (C=O) groups excluding carboxylic acids is 2. The zero-order valence-corrected chi connectivity index (χ0v) is 17.8. The molecule has 6 nitrogen and oxygen atoms in total. The summed E-state index contributed by atoms with van der Waals surface area (Å²) in [6.07, 6.45) is -4.59. The number of rotatable bonds is 5. The highest BCUT2D eigenvalue weighted by molar-refractivity contribution is 7.13. The average molecular weight is 472 g/mol. The molecular formula is C23H15F3N2O4S. The molecule has 0 N–H and O–H groups in total. The lowest BCUT2D eigenvalue weighted by Crippen LogP contribution is -2.10. The van der Waals surface area contributed by atoms with Gasteiger partial charge in [-0.2, -0.15) is 18.3 Å². The lowest BCUT2D eigenvalue weighted by molar-refractivity contribution is -0.141. The van der Waals surface area contributed by atoms with Gasteiger partial charge in [0.2, 0.25) is 0 Å². The normalized spacial score (nSPS) is 11.3. The van der Waals surface area contributed by atoms with Gasteiger partial charge in [-0.3, -0.25) is 0 Å². The zero-order chi connectivity index (χ0) is 23.6. The molecule has 0 bridgehead atoms. The monoisotopic (exact) mass is 472 g/mol. The molecule has 0 saturated carbocycles. The van der Waals surface area contributed by atoms with Crippen molar-refractivity contribution in [2.75, 3.05) is 7.11 Å². The van der Waals surface area contributed by atoms with Crippen LogP contribution in [0.2, 0.25) is 0 Å². The van der Waals surface area contributed by atoms with Crippen molar-refractivity contribution < 1.29 is 32.2 Å². The Labute approximate surface area is 189 Å². The van der Waals surface area contributed by atoms with E-state index in [9.17, 15) is 22.8 Å². The van der Waals surface area contributed by atoms with Crippen LogP contribution in [0.25, 0.3) is 16.3 Å². The Bertz CT molecular complexity index is 1280. The van der Waals surface area contributed by atoms with E-state index in [0.29, 0.717) is 21.8 Å². The Morgan fingerprint density at radius 2 is 1.58 bits per heavy atom. The van der Waals surface area contributed by atoms with Crippen molar-refractivity contribution in [2.45, 2.75) is 6.18 Å². The minimum absolute atomic E-state index is 0.191. The van der Waals surface area contributed by atoms with Gasteiger partial charge in [0.25, 0.3) is 0 Å². The van der Waals surface area contributed by atoms with Gasteiger partial charge >= 0.3 is 18.1 Å². The van der Waals surface area contributed by atoms with E-state index in [4.69, 9.17) is 4.74 Å². The summed E-state index contributed by atoms with van der Waals surface area (Å²) in [6, 6.07) is 16.1. The summed E-state index contributed by atoms with van der Waals surface area (Å²) >= 11 is 1.29. The molecule has 4 rings (SSSR count). The largest absolute Gasteiger partial charge is 0.465 e. The van der Waals surface area contributed by atoms with Gasteiger partial charge in [0, 0.05) is 0 Å². The molecule has 0 unspecified atom stereocenters. The summed E-state index contributed by atoms with van der Waals surface area (Å²) in [5, 5.41) is 5.48. The van der Waals surface area contributed by atoms with E-state index in [1.54, 1.807) is 17.5 Å². The topological polar surface area (TPSA) is 70.4 Å². The zero-order valence-electron chi connectivity index (χ0n) is 17.0. The van der Waals surface area contributed by atoms with Crippen LogP contribution in [0.5, 0.6) is 5.75 Å². The van der Waals surface area contributed by atoms with E-state index < -0.39 is 23.8 Å². The van der Waals surface area contributed by atoms with Gasteiger partial charge < -0.3 is 9.47 Å². The van der Waals surface area contributed by atoms with Crippen LogP contribution in [-0.2, 0) is 10.9 Å². The molecule has 0 saturated heterocycles. The molecule has 2 heterocycles. The SMILES string of the molecule is COC(=O)c1ccc(OC(=O)c2ccc(-n3nc(C(F)(F)F)cc3-c3cccs3)cc2)cc1. The van der Waals surface area contributed by atoms with Gasteiger partial charge in [0.05, 0.1) is 34.5 Å². The Morgan fingerprint density at radius 3 is 2.15 bits per heavy atom. The van der Waals surface area contributed by atoms with Crippen molar-refractivity contribution in [1.29, 1.82) is 0 Å². The molecule has 2 aromatic carbocycles. The molecule has 0 aliphatic carbocycles. The van der Waals surface area contributed by atoms with Crippen molar-refractivity contribution in [3.63, 3.8) is 0 Å². The van der Waals surface area contributed by atoms with Gasteiger partial charge in [-0.15, -0.1) is 11.3 Å². The molecule has 0 aliphatic rings. The number of aromatic nitrogens is 2. The van der Waals surface area contributed by atoms with Gasteiger partial charge in [-0.05, 0) is 66.0 Å². The number of carbonyl (C=O) groups is 2. The van der Waals surface area contributed by atoms with Gasteiger partial charge in [-0.25, -0.2) is 14.3 Å². The number of hydrogen-bond donors (Lipinski definition) is 0. The fourth-order valence-corrected chi connectivity index (χ4v) is 3.72. The Balaban J connectivity index is 1.57. The summed E-state index contributed by atoms with van der Waals surface area (Å²) in [7, 11) is 1.26. The maximum absolute atomic E-state index is 13.2. The van der Waals surface area contributed by atoms with Crippen molar-refractivity contribution in [1.82, 2.24) is 9.78 Å². The van der Waals surface area contributed by atoms with Gasteiger partial charge in [-0.1, -0.05) is 6.07 Å². The third-order valence-corrected chi connectivity index (χ3v) is 5.50. The molecule has 10 heteroatoms. The smallest absolute Gasteiger partial charge is 0.435 e. The van der Waals surface area contributed by atoms with Crippen LogP contribution in [0.4, 0.5) is 13.2 Å². The lowest BCUT2D eigenvalue weighted by Gasteiger charge is -2.08. The molecule has 0 spiro atoms. The first kappa shape index (κ1) is 22.3. The Morgan fingerprint density at radius 1 is 0.939 bits per heavy atom. The van der Waals surface area contributed by atoms with Crippen LogP contribution >= 0.6 is 11.3 Å². The highest BCUT2D eigenvalue weighted by Gasteiger charge is 2.35. The number of methoxy groups -OCH3 is 1. The average Bonchev–Trinajstić information content (AvgIpc) is 3.49. The van der Waals surface area contributed by atoms with Crippen molar-refractivity contribution >= 4 is 23.3 Å². The Hall–Kier alpha value is -3.92. The van der Waals surface area contributed by atoms with Crippen LogP contribution in [0, 0.1) is 0 Å². The first-order valence-electron chi connectivity index (χ1n) is 9.48. The fourth-order valence-electron chi connectivity index (χ4n) is 3.00. The molecule has 33 heavy (non-hydrogen) atoms. The minimum Gasteiger partial charge on any atom is -0.465 e. The predicted octanol–water partition coefficient (Wildman–Crippen LogP) is 5.63. The number of benzene rings is 2. The van der Waals surface area contributed by atoms with Crippen molar-refractivity contribution in [3.05, 3.63) is 88.9 Å². The van der Waals surface area contributed by atoms with Gasteiger partial charge in [0.1, 0.15) is 5.75 Å². The molecule has 0 aliphatic heterocycles. The third-order valence-electron chi connectivity index (χ3n) is 4.61. The number of ether oxygens (including phenoxy) is 2. The first-order chi connectivity index (χ1) is 15.8. The number of halogens is 3. The van der Waals surface area contributed by atoms with Crippen LogP contribution in [-0.4, -0.2) is 28.8 Å². The summed E-state index contributed by atoms with van der Waals surface area (Å²) in [6.45, 7) is 0. The molecule has 2 aromatic heterocycles. The molecule has 0 amide bonds. The van der Waals surface area contributed by atoms with Crippen LogP contribution in [0.3, 0.4) is 0 Å². The summed E-state index contributed by atoms with van der Waals surface area (Å²) in [4.78, 5) is 24.5. The number of thiophene rings is 1. The quantitative estimate of drug-likeness (QED) is 0.278. The van der Waals surface area contributed by atoms with E-state index in [1.165, 1.54) is 71.7 Å². The predicted molar refractivity (Wildman–Crippen MR) is 115 cm³/mol. The second-order valence-electron chi connectivity index (χ2n) is 6.75. The lowest BCUT2D eigenvalue weighted by atomic mass is 10.2. The maximum atomic E-state index is 13.2. The van der Waals surface area contributed by atoms with Crippen LogP contribution in [0.15, 0.2) is 72.1 Å². The number of hydrogen-bond acceptors (Lipinski definition) is 6. The number of alkyl halides is 3. The van der Waals surface area contributed by atoms with Crippen molar-refractivity contribution in [3.8, 4) is 22.0 Å². The molecule has 0 radical (unpaired) electrons.